The largest absolute Gasteiger partial charge is 0.480 e. The first kappa shape index (κ1) is 24.4. The monoisotopic (exact) mass is 527 g/mol. The van der Waals surface area contributed by atoms with Crippen molar-refractivity contribution in [2.45, 2.75) is 37.9 Å². The normalized spacial score (nSPS) is 15.6. The van der Waals surface area contributed by atoms with Crippen molar-refractivity contribution in [1.29, 1.82) is 0 Å². The number of hydrogen-bond donors (Lipinski definition) is 0. The van der Waals surface area contributed by atoms with Gasteiger partial charge in [-0.15, -0.1) is 0 Å². The van der Waals surface area contributed by atoms with Crippen molar-refractivity contribution in [2.75, 3.05) is 18.6 Å². The van der Waals surface area contributed by atoms with Crippen LogP contribution in [-0.4, -0.2) is 43.0 Å². The van der Waals surface area contributed by atoms with Crippen LogP contribution in [0.25, 0.3) is 22.6 Å². The Kier molecular flexibility index (Phi) is 5.65. The molecule has 12 heteroatoms. The van der Waals surface area contributed by atoms with Crippen LogP contribution < -0.4 is 9.64 Å². The number of halogens is 4. The highest BCUT2D eigenvalue weighted by molar-refractivity contribution is 5.73. The first-order valence-corrected chi connectivity index (χ1v) is 12.2. The zero-order chi connectivity index (χ0) is 26.8. The molecule has 38 heavy (non-hydrogen) atoms. The van der Waals surface area contributed by atoms with E-state index in [9.17, 15) is 13.2 Å². The van der Waals surface area contributed by atoms with E-state index in [0.717, 1.165) is 47.2 Å². The Labute approximate surface area is 215 Å². The van der Waals surface area contributed by atoms with E-state index in [1.54, 1.807) is 13.2 Å². The standard InChI is InChI=1S/C26H25F4N7O/c1-35-12-20(26(28,29)30)33-24(35)16-7-6-15(10-18(16)27)37-9-8-19-17(11-37)23(34-36(19)2)21-22(14-4-5-14)31-13-32-25(21)38-3/h6-7,10,12-14H,4-5,8-9,11H2,1-3H3. The summed E-state index contributed by atoms with van der Waals surface area (Å²) in [6.45, 7) is 1.10. The third-order valence-electron chi connectivity index (χ3n) is 7.20. The van der Waals surface area contributed by atoms with E-state index < -0.39 is 17.7 Å². The maximum absolute atomic E-state index is 15.3. The zero-order valence-corrected chi connectivity index (χ0v) is 21.1. The summed E-state index contributed by atoms with van der Waals surface area (Å²) in [5.41, 5.74) is 4.13. The van der Waals surface area contributed by atoms with Crippen LogP contribution >= 0.6 is 0 Å². The maximum Gasteiger partial charge on any atom is 0.434 e. The fourth-order valence-electron chi connectivity index (χ4n) is 5.17. The van der Waals surface area contributed by atoms with Crippen LogP contribution in [0.3, 0.4) is 0 Å². The molecule has 6 rings (SSSR count). The van der Waals surface area contributed by atoms with Crippen LogP contribution in [0.15, 0.2) is 30.7 Å². The van der Waals surface area contributed by atoms with Crippen molar-refractivity contribution >= 4 is 5.69 Å². The molecule has 4 heterocycles. The summed E-state index contributed by atoms with van der Waals surface area (Å²) in [6, 6.07) is 4.54. The molecule has 8 nitrogen and oxygen atoms in total. The Hall–Kier alpha value is -3.96. The number of hydrogen-bond acceptors (Lipinski definition) is 6. The molecular formula is C26H25F4N7O. The lowest BCUT2D eigenvalue weighted by Gasteiger charge is -2.30. The number of anilines is 1. The van der Waals surface area contributed by atoms with Crippen LogP contribution in [0.5, 0.6) is 5.88 Å². The number of methoxy groups -OCH3 is 1. The average Bonchev–Trinajstić information content (AvgIpc) is 3.59. The number of benzene rings is 1. The van der Waals surface area contributed by atoms with Gasteiger partial charge in [0.2, 0.25) is 5.88 Å². The number of ether oxygens (including phenoxy) is 1. The maximum atomic E-state index is 15.3. The molecule has 198 valence electrons. The fourth-order valence-corrected chi connectivity index (χ4v) is 5.17. The Balaban J connectivity index is 1.35. The van der Waals surface area contributed by atoms with E-state index in [1.165, 1.54) is 30.1 Å². The summed E-state index contributed by atoms with van der Waals surface area (Å²) in [6.07, 6.45) is 0.564. The Morgan fingerprint density at radius 2 is 1.89 bits per heavy atom. The second kappa shape index (κ2) is 8.81. The van der Waals surface area contributed by atoms with Gasteiger partial charge < -0.3 is 14.2 Å². The van der Waals surface area contributed by atoms with Gasteiger partial charge in [0.1, 0.15) is 23.7 Å². The Bertz CT molecular complexity index is 1540. The molecule has 1 aliphatic carbocycles. The molecule has 0 atom stereocenters. The van der Waals surface area contributed by atoms with Gasteiger partial charge in [-0.25, -0.2) is 19.3 Å². The van der Waals surface area contributed by atoms with E-state index in [-0.39, 0.29) is 11.4 Å². The quantitative estimate of drug-likeness (QED) is 0.345. The Morgan fingerprint density at radius 3 is 2.55 bits per heavy atom. The van der Waals surface area contributed by atoms with Crippen molar-refractivity contribution in [2.24, 2.45) is 14.1 Å². The average molecular weight is 528 g/mol. The van der Waals surface area contributed by atoms with Gasteiger partial charge in [0, 0.05) is 62.7 Å². The molecule has 0 saturated heterocycles. The fraction of sp³-hybridized carbons (Fsp3) is 0.385. The number of rotatable bonds is 5. The lowest BCUT2D eigenvalue weighted by atomic mass is 9.98. The number of aromatic nitrogens is 6. The molecule has 0 N–H and O–H groups in total. The molecule has 0 bridgehead atoms. The molecule has 0 amide bonds. The third-order valence-corrected chi connectivity index (χ3v) is 7.20. The molecule has 1 saturated carbocycles. The number of aryl methyl sites for hydroxylation is 2. The van der Waals surface area contributed by atoms with E-state index >= 15 is 4.39 Å². The van der Waals surface area contributed by atoms with Crippen LogP contribution in [0.2, 0.25) is 0 Å². The van der Waals surface area contributed by atoms with Gasteiger partial charge in [-0.05, 0) is 31.0 Å². The molecule has 3 aromatic heterocycles. The predicted molar refractivity (Wildman–Crippen MR) is 131 cm³/mol. The Morgan fingerprint density at radius 1 is 1.11 bits per heavy atom. The van der Waals surface area contributed by atoms with Gasteiger partial charge in [0.25, 0.3) is 0 Å². The van der Waals surface area contributed by atoms with Crippen LogP contribution in [0.4, 0.5) is 23.2 Å². The van der Waals surface area contributed by atoms with E-state index in [0.29, 0.717) is 37.0 Å². The number of nitrogens with zero attached hydrogens (tertiary/aromatic N) is 7. The second-order valence-electron chi connectivity index (χ2n) is 9.71. The molecule has 2 aliphatic rings. The third kappa shape index (κ3) is 4.07. The molecular weight excluding hydrogens is 502 g/mol. The highest BCUT2D eigenvalue weighted by Crippen LogP contribution is 2.47. The van der Waals surface area contributed by atoms with Gasteiger partial charge in [-0.3, -0.25) is 4.68 Å². The van der Waals surface area contributed by atoms with Gasteiger partial charge in [0.15, 0.2) is 5.69 Å². The molecule has 0 radical (unpaired) electrons. The van der Waals surface area contributed by atoms with Crippen LogP contribution in [0.1, 0.15) is 41.4 Å². The van der Waals surface area contributed by atoms with Crippen molar-refractivity contribution in [3.8, 4) is 28.5 Å². The topological polar surface area (TPSA) is 73.9 Å². The second-order valence-corrected chi connectivity index (χ2v) is 9.71. The molecule has 1 fully saturated rings. The van der Waals surface area contributed by atoms with Crippen molar-refractivity contribution in [3.05, 3.63) is 59.2 Å². The highest BCUT2D eigenvalue weighted by atomic mass is 19.4. The van der Waals surface area contributed by atoms with E-state index in [2.05, 4.69) is 15.0 Å². The minimum atomic E-state index is -4.61. The van der Waals surface area contributed by atoms with Crippen LogP contribution in [-0.2, 0) is 33.2 Å². The van der Waals surface area contributed by atoms with Crippen molar-refractivity contribution in [3.63, 3.8) is 0 Å². The molecule has 1 aromatic carbocycles. The first-order valence-electron chi connectivity index (χ1n) is 12.2. The summed E-state index contributed by atoms with van der Waals surface area (Å²) < 4.78 is 63.2. The molecule has 0 spiro atoms. The molecule has 4 aromatic rings. The van der Waals surface area contributed by atoms with Gasteiger partial charge in [0.05, 0.1) is 23.9 Å². The van der Waals surface area contributed by atoms with Crippen molar-refractivity contribution < 1.29 is 22.3 Å². The van der Waals surface area contributed by atoms with E-state index in [1.807, 2.05) is 16.6 Å². The summed E-state index contributed by atoms with van der Waals surface area (Å²) in [7, 11) is 4.90. The SMILES string of the molecule is COc1ncnc(C2CC2)c1-c1nn(C)c2c1CN(c1ccc(-c3nc(C(F)(F)F)cn3C)c(F)c1)CC2. The number of imidazole rings is 1. The predicted octanol–water partition coefficient (Wildman–Crippen LogP) is 4.88. The highest BCUT2D eigenvalue weighted by Gasteiger charge is 2.36. The summed E-state index contributed by atoms with van der Waals surface area (Å²) in [5, 5.41) is 4.83. The first-order chi connectivity index (χ1) is 18.2. The lowest BCUT2D eigenvalue weighted by Crippen LogP contribution is -2.31. The minimum Gasteiger partial charge on any atom is -0.480 e. The van der Waals surface area contributed by atoms with Gasteiger partial charge in [-0.2, -0.15) is 18.3 Å². The smallest absolute Gasteiger partial charge is 0.434 e. The van der Waals surface area contributed by atoms with E-state index in [4.69, 9.17) is 9.84 Å². The number of alkyl halides is 3. The number of fused-ring (bicyclic) bond motifs is 1. The molecule has 1 aliphatic heterocycles. The summed E-state index contributed by atoms with van der Waals surface area (Å²) in [5.74, 6) is 0.102. The summed E-state index contributed by atoms with van der Waals surface area (Å²) >= 11 is 0. The molecule has 0 unspecified atom stereocenters. The van der Waals surface area contributed by atoms with Gasteiger partial charge >= 0.3 is 6.18 Å². The zero-order valence-electron chi connectivity index (χ0n) is 21.1. The summed E-state index contributed by atoms with van der Waals surface area (Å²) in [4.78, 5) is 14.5. The van der Waals surface area contributed by atoms with Crippen LogP contribution in [0, 0.1) is 5.82 Å². The van der Waals surface area contributed by atoms with Gasteiger partial charge in [-0.1, -0.05) is 0 Å². The van der Waals surface area contributed by atoms with Crippen molar-refractivity contribution in [1.82, 2.24) is 29.3 Å². The minimum absolute atomic E-state index is 0.00626. The lowest BCUT2D eigenvalue weighted by molar-refractivity contribution is -0.140.